The number of nitrogens with one attached hydrogen (secondary N) is 1. The number of carbonyl (C=O) groups excluding carboxylic acids is 1. The quantitative estimate of drug-likeness (QED) is 0.807. The van der Waals surface area contributed by atoms with Gasteiger partial charge in [-0.05, 0) is 55.7 Å². The van der Waals surface area contributed by atoms with Crippen LogP contribution < -0.4 is 9.62 Å². The van der Waals surface area contributed by atoms with E-state index in [0.717, 1.165) is 12.0 Å². The fourth-order valence-electron chi connectivity index (χ4n) is 2.85. The fraction of sp³-hybridized carbons (Fsp3) is 0.278. The van der Waals surface area contributed by atoms with Crippen molar-refractivity contribution in [1.82, 2.24) is 0 Å². The number of rotatable bonds is 3. The Morgan fingerprint density at radius 2 is 1.88 bits per heavy atom. The van der Waals surface area contributed by atoms with Crippen molar-refractivity contribution in [3.8, 4) is 0 Å². The third-order valence-corrected chi connectivity index (χ3v) is 6.94. The van der Waals surface area contributed by atoms with Gasteiger partial charge in [0.25, 0.3) is 5.91 Å². The highest BCUT2D eigenvalue weighted by atomic mass is 35.5. The number of halogens is 2. The Labute approximate surface area is 163 Å². The molecule has 3 rings (SSSR count). The standard InChI is InChI=1S/C18H18Cl2N2O3S/c1-12-15(19)5-4-6-17(12)21-18(23)14-8-7-13(11-16(14)20)22-9-2-3-10-26(22,24)25/h4-8,11H,2-3,9-10H2,1H3,(H,21,23). The first-order valence-corrected chi connectivity index (χ1v) is 10.5. The minimum atomic E-state index is -3.33. The smallest absolute Gasteiger partial charge is 0.257 e. The number of carbonyl (C=O) groups is 1. The molecule has 1 heterocycles. The molecule has 1 aliphatic rings. The highest BCUT2D eigenvalue weighted by molar-refractivity contribution is 7.92. The van der Waals surface area contributed by atoms with Crippen molar-refractivity contribution < 1.29 is 13.2 Å². The van der Waals surface area contributed by atoms with Crippen molar-refractivity contribution in [2.45, 2.75) is 19.8 Å². The average molecular weight is 413 g/mol. The summed E-state index contributed by atoms with van der Waals surface area (Å²) in [5, 5.41) is 3.53. The maximum absolute atomic E-state index is 12.5. The predicted molar refractivity (Wildman–Crippen MR) is 106 cm³/mol. The lowest BCUT2D eigenvalue weighted by Crippen LogP contribution is -2.37. The summed E-state index contributed by atoms with van der Waals surface area (Å²) in [5.41, 5.74) is 2.10. The fourth-order valence-corrected chi connectivity index (χ4v) is 4.92. The van der Waals surface area contributed by atoms with Crippen LogP contribution in [0.2, 0.25) is 10.0 Å². The van der Waals surface area contributed by atoms with E-state index in [1.165, 1.54) is 16.4 Å². The zero-order chi connectivity index (χ0) is 18.9. The Hall–Kier alpha value is -1.76. The number of anilines is 2. The van der Waals surface area contributed by atoms with Crippen LogP contribution in [0.1, 0.15) is 28.8 Å². The van der Waals surface area contributed by atoms with Crippen LogP contribution in [0.3, 0.4) is 0 Å². The van der Waals surface area contributed by atoms with Crippen LogP contribution in [0, 0.1) is 6.92 Å². The molecule has 0 unspecified atom stereocenters. The number of hydrogen-bond donors (Lipinski definition) is 1. The van der Waals surface area contributed by atoms with E-state index in [1.54, 1.807) is 24.3 Å². The van der Waals surface area contributed by atoms with Crippen LogP contribution in [-0.2, 0) is 10.0 Å². The van der Waals surface area contributed by atoms with Crippen LogP contribution in [0.15, 0.2) is 36.4 Å². The lowest BCUT2D eigenvalue weighted by Gasteiger charge is -2.28. The number of hydrogen-bond acceptors (Lipinski definition) is 3. The average Bonchev–Trinajstić information content (AvgIpc) is 2.58. The highest BCUT2D eigenvalue weighted by Gasteiger charge is 2.26. The molecule has 138 valence electrons. The summed E-state index contributed by atoms with van der Waals surface area (Å²) in [4.78, 5) is 12.5. The third-order valence-electron chi connectivity index (χ3n) is 4.35. The first-order chi connectivity index (χ1) is 12.3. The number of sulfonamides is 1. The van der Waals surface area contributed by atoms with E-state index in [2.05, 4.69) is 5.32 Å². The second-order valence-corrected chi connectivity index (χ2v) is 8.95. The topological polar surface area (TPSA) is 66.5 Å². The van der Waals surface area contributed by atoms with Crippen molar-refractivity contribution in [2.75, 3.05) is 21.9 Å². The minimum absolute atomic E-state index is 0.126. The van der Waals surface area contributed by atoms with Gasteiger partial charge in [0.05, 0.1) is 22.0 Å². The van der Waals surface area contributed by atoms with Gasteiger partial charge in [-0.25, -0.2) is 8.42 Å². The van der Waals surface area contributed by atoms with Crippen LogP contribution in [0.5, 0.6) is 0 Å². The van der Waals surface area contributed by atoms with Crippen LogP contribution in [-0.4, -0.2) is 26.6 Å². The van der Waals surface area contributed by atoms with Crippen molar-refractivity contribution in [3.63, 3.8) is 0 Å². The lowest BCUT2D eigenvalue weighted by molar-refractivity contribution is 0.102. The largest absolute Gasteiger partial charge is 0.322 e. The van der Waals surface area contributed by atoms with Crippen molar-refractivity contribution in [2.24, 2.45) is 0 Å². The summed E-state index contributed by atoms with van der Waals surface area (Å²) < 4.78 is 25.8. The Morgan fingerprint density at radius 1 is 1.12 bits per heavy atom. The van der Waals surface area contributed by atoms with Gasteiger partial charge >= 0.3 is 0 Å². The molecule has 0 saturated carbocycles. The monoisotopic (exact) mass is 412 g/mol. The number of amides is 1. The van der Waals surface area contributed by atoms with Gasteiger partial charge in [0.15, 0.2) is 0 Å². The van der Waals surface area contributed by atoms with E-state index >= 15 is 0 Å². The highest BCUT2D eigenvalue weighted by Crippen LogP contribution is 2.29. The SMILES string of the molecule is Cc1c(Cl)cccc1NC(=O)c1ccc(N2CCCCS2(=O)=O)cc1Cl. The summed E-state index contributed by atoms with van der Waals surface area (Å²) >= 11 is 12.3. The van der Waals surface area contributed by atoms with Gasteiger partial charge in [-0.3, -0.25) is 9.10 Å². The summed E-state index contributed by atoms with van der Waals surface area (Å²) in [5.74, 6) is -0.255. The molecule has 26 heavy (non-hydrogen) atoms. The Morgan fingerprint density at radius 3 is 2.58 bits per heavy atom. The molecule has 2 aromatic rings. The number of benzene rings is 2. The molecule has 0 aromatic heterocycles. The summed E-state index contributed by atoms with van der Waals surface area (Å²) in [6, 6.07) is 9.90. The zero-order valence-corrected chi connectivity index (χ0v) is 16.5. The molecule has 1 saturated heterocycles. The Balaban J connectivity index is 1.85. The maximum atomic E-state index is 12.5. The normalized spacial score (nSPS) is 16.3. The minimum Gasteiger partial charge on any atom is -0.322 e. The molecule has 1 fully saturated rings. The molecule has 5 nitrogen and oxygen atoms in total. The lowest BCUT2D eigenvalue weighted by atomic mass is 10.1. The Kier molecular flexibility index (Phi) is 5.46. The number of nitrogens with zero attached hydrogens (tertiary/aromatic N) is 1. The van der Waals surface area contributed by atoms with E-state index in [0.29, 0.717) is 29.4 Å². The first kappa shape index (κ1) is 19.0. The van der Waals surface area contributed by atoms with E-state index < -0.39 is 10.0 Å². The molecule has 0 atom stereocenters. The molecule has 1 N–H and O–H groups in total. The molecule has 1 amide bonds. The van der Waals surface area contributed by atoms with Crippen LogP contribution in [0.25, 0.3) is 0 Å². The van der Waals surface area contributed by atoms with E-state index in [4.69, 9.17) is 23.2 Å². The predicted octanol–water partition coefficient (Wildman–Crippen LogP) is 4.48. The first-order valence-electron chi connectivity index (χ1n) is 8.16. The van der Waals surface area contributed by atoms with Crippen LogP contribution in [0.4, 0.5) is 11.4 Å². The molecule has 0 radical (unpaired) electrons. The molecule has 0 bridgehead atoms. The zero-order valence-electron chi connectivity index (χ0n) is 14.1. The summed E-state index contributed by atoms with van der Waals surface area (Å²) in [7, 11) is -3.33. The molecule has 2 aromatic carbocycles. The molecule has 1 aliphatic heterocycles. The van der Waals surface area contributed by atoms with Crippen molar-refractivity contribution >= 4 is 50.5 Å². The second kappa shape index (κ2) is 7.47. The van der Waals surface area contributed by atoms with Gasteiger partial charge in [-0.15, -0.1) is 0 Å². The molecular formula is C18H18Cl2N2O3S. The van der Waals surface area contributed by atoms with Crippen molar-refractivity contribution in [1.29, 1.82) is 0 Å². The van der Waals surface area contributed by atoms with Gasteiger partial charge in [-0.1, -0.05) is 29.3 Å². The Bertz CT molecular complexity index is 961. The summed E-state index contributed by atoms with van der Waals surface area (Å²) in [6.45, 7) is 2.23. The van der Waals surface area contributed by atoms with Gasteiger partial charge in [0, 0.05) is 17.3 Å². The maximum Gasteiger partial charge on any atom is 0.257 e. The van der Waals surface area contributed by atoms with Crippen LogP contribution >= 0.6 is 23.2 Å². The van der Waals surface area contributed by atoms with E-state index in [1.807, 2.05) is 6.92 Å². The molecule has 8 heteroatoms. The molecule has 0 aliphatic carbocycles. The summed E-state index contributed by atoms with van der Waals surface area (Å²) in [6.07, 6.45) is 1.46. The molecular weight excluding hydrogens is 395 g/mol. The molecule has 0 spiro atoms. The van der Waals surface area contributed by atoms with E-state index in [9.17, 15) is 13.2 Å². The van der Waals surface area contributed by atoms with Gasteiger partial charge in [0.1, 0.15) is 0 Å². The van der Waals surface area contributed by atoms with Gasteiger partial charge in [0.2, 0.25) is 10.0 Å². The van der Waals surface area contributed by atoms with Gasteiger partial charge in [-0.2, -0.15) is 0 Å². The van der Waals surface area contributed by atoms with E-state index in [-0.39, 0.29) is 22.2 Å². The van der Waals surface area contributed by atoms with Gasteiger partial charge < -0.3 is 5.32 Å². The van der Waals surface area contributed by atoms with Crippen molar-refractivity contribution in [3.05, 3.63) is 57.6 Å². The third kappa shape index (κ3) is 3.82. The second-order valence-electron chi connectivity index (χ2n) is 6.13.